The van der Waals surface area contributed by atoms with E-state index >= 15 is 0 Å². The minimum Gasteiger partial charge on any atom is -0.481 e. The van der Waals surface area contributed by atoms with Crippen molar-refractivity contribution < 1.29 is 9.90 Å². The molecule has 0 radical (unpaired) electrons. The number of nitrogens with one attached hydrogen (secondary N) is 2. The monoisotopic (exact) mass is 130 g/mol. The Balaban J connectivity index is 2.91. The summed E-state index contributed by atoms with van der Waals surface area (Å²) >= 11 is 0. The van der Waals surface area contributed by atoms with Gasteiger partial charge in [-0.15, -0.1) is 0 Å². The molecule has 0 atom stereocenters. The van der Waals surface area contributed by atoms with Crippen LogP contribution in [0.5, 0.6) is 0 Å². The lowest BCUT2D eigenvalue weighted by atomic mass is 10.4. The number of carbonyl (C=O) groups is 1. The SMILES string of the molecule is N=CCNCCC(=O)O. The predicted molar refractivity (Wildman–Crippen MR) is 33.9 cm³/mol. The van der Waals surface area contributed by atoms with E-state index in [0.29, 0.717) is 13.1 Å². The molecule has 9 heavy (non-hydrogen) atoms. The van der Waals surface area contributed by atoms with Crippen molar-refractivity contribution in [2.24, 2.45) is 0 Å². The first kappa shape index (κ1) is 8.10. The number of aliphatic carboxylic acids is 1. The topological polar surface area (TPSA) is 73.2 Å². The van der Waals surface area contributed by atoms with Gasteiger partial charge in [-0.3, -0.25) is 4.79 Å². The van der Waals surface area contributed by atoms with Gasteiger partial charge >= 0.3 is 5.97 Å². The summed E-state index contributed by atoms with van der Waals surface area (Å²) in [4.78, 5) is 9.87. The largest absolute Gasteiger partial charge is 0.481 e. The van der Waals surface area contributed by atoms with Gasteiger partial charge < -0.3 is 15.8 Å². The van der Waals surface area contributed by atoms with E-state index in [9.17, 15) is 4.79 Å². The highest BCUT2D eigenvalue weighted by Crippen LogP contribution is 1.72. The zero-order chi connectivity index (χ0) is 7.11. The summed E-state index contributed by atoms with van der Waals surface area (Å²) in [6.07, 6.45) is 1.32. The Morgan fingerprint density at radius 2 is 2.44 bits per heavy atom. The van der Waals surface area contributed by atoms with Crippen LogP contribution in [0, 0.1) is 5.41 Å². The van der Waals surface area contributed by atoms with Crippen molar-refractivity contribution in [3.05, 3.63) is 0 Å². The van der Waals surface area contributed by atoms with Gasteiger partial charge in [-0.1, -0.05) is 0 Å². The summed E-state index contributed by atoms with van der Waals surface area (Å²) in [5.41, 5.74) is 0. The molecule has 0 aliphatic heterocycles. The van der Waals surface area contributed by atoms with Crippen LogP contribution in [0.1, 0.15) is 6.42 Å². The van der Waals surface area contributed by atoms with Crippen molar-refractivity contribution in [2.45, 2.75) is 6.42 Å². The second-order valence-corrected chi connectivity index (χ2v) is 1.55. The van der Waals surface area contributed by atoms with Gasteiger partial charge in [0, 0.05) is 19.3 Å². The fourth-order valence-corrected chi connectivity index (χ4v) is 0.370. The van der Waals surface area contributed by atoms with E-state index in [1.165, 1.54) is 6.21 Å². The molecule has 4 heteroatoms. The molecule has 4 nitrogen and oxygen atoms in total. The van der Waals surface area contributed by atoms with Gasteiger partial charge in [-0.25, -0.2) is 0 Å². The molecule has 0 aliphatic carbocycles. The minimum absolute atomic E-state index is 0.119. The third kappa shape index (κ3) is 7.10. The molecule has 0 aromatic heterocycles. The molecule has 0 amide bonds. The van der Waals surface area contributed by atoms with Gasteiger partial charge in [0.05, 0.1) is 6.42 Å². The van der Waals surface area contributed by atoms with Crippen LogP contribution in [-0.4, -0.2) is 30.4 Å². The van der Waals surface area contributed by atoms with Crippen LogP contribution in [0.4, 0.5) is 0 Å². The fourth-order valence-electron chi connectivity index (χ4n) is 0.370. The molecular weight excluding hydrogens is 120 g/mol. The van der Waals surface area contributed by atoms with Gasteiger partial charge in [0.2, 0.25) is 0 Å². The smallest absolute Gasteiger partial charge is 0.304 e. The van der Waals surface area contributed by atoms with E-state index in [0.717, 1.165) is 0 Å². The first-order chi connectivity index (χ1) is 4.27. The summed E-state index contributed by atoms with van der Waals surface area (Å²) in [6, 6.07) is 0. The highest BCUT2D eigenvalue weighted by molar-refractivity contribution is 5.67. The van der Waals surface area contributed by atoms with E-state index < -0.39 is 5.97 Å². The van der Waals surface area contributed by atoms with Gasteiger partial charge in [-0.2, -0.15) is 0 Å². The maximum atomic E-state index is 9.87. The van der Waals surface area contributed by atoms with Gasteiger partial charge in [-0.05, 0) is 0 Å². The molecule has 0 aromatic rings. The molecule has 0 rings (SSSR count). The molecule has 52 valence electrons. The van der Waals surface area contributed by atoms with Crippen molar-refractivity contribution in [3.8, 4) is 0 Å². The Morgan fingerprint density at radius 1 is 1.78 bits per heavy atom. The number of hydrogen-bond acceptors (Lipinski definition) is 3. The van der Waals surface area contributed by atoms with E-state index in [1.54, 1.807) is 0 Å². The third-order valence-electron chi connectivity index (χ3n) is 0.762. The van der Waals surface area contributed by atoms with Crippen molar-refractivity contribution >= 4 is 12.2 Å². The molecule has 0 aromatic carbocycles. The molecule has 0 saturated carbocycles. The van der Waals surface area contributed by atoms with Crippen LogP contribution in [0.2, 0.25) is 0 Å². The van der Waals surface area contributed by atoms with Gasteiger partial charge in [0.25, 0.3) is 0 Å². The molecule has 0 heterocycles. The third-order valence-corrected chi connectivity index (χ3v) is 0.762. The zero-order valence-corrected chi connectivity index (χ0v) is 5.05. The zero-order valence-electron chi connectivity index (χ0n) is 5.05. The lowest BCUT2D eigenvalue weighted by molar-refractivity contribution is -0.136. The number of carboxylic acid groups (broad SMARTS) is 1. The number of rotatable bonds is 5. The van der Waals surface area contributed by atoms with Crippen LogP contribution in [-0.2, 0) is 4.79 Å². The first-order valence-corrected chi connectivity index (χ1v) is 2.69. The standard InChI is InChI=1S/C5H10N2O2/c6-2-4-7-3-1-5(8)9/h2,6-7H,1,3-4H2,(H,8,9). The van der Waals surface area contributed by atoms with Gasteiger partial charge in [0.15, 0.2) is 0 Å². The van der Waals surface area contributed by atoms with Crippen molar-refractivity contribution in [1.82, 2.24) is 5.32 Å². The second kappa shape index (κ2) is 5.24. The van der Waals surface area contributed by atoms with E-state index in [-0.39, 0.29) is 6.42 Å². The summed E-state index contributed by atoms with van der Waals surface area (Å²) in [6.45, 7) is 0.887. The molecular formula is C5H10N2O2. The number of carboxylic acids is 1. The summed E-state index contributed by atoms with van der Waals surface area (Å²) < 4.78 is 0. The normalized spacial score (nSPS) is 8.89. The van der Waals surface area contributed by atoms with Crippen molar-refractivity contribution in [3.63, 3.8) is 0 Å². The highest BCUT2D eigenvalue weighted by Gasteiger charge is 1.92. The fraction of sp³-hybridized carbons (Fsp3) is 0.600. The molecule has 0 spiro atoms. The molecule has 0 fully saturated rings. The molecule has 0 saturated heterocycles. The number of hydrogen-bond donors (Lipinski definition) is 3. The Bertz CT molecular complexity index is 103. The van der Waals surface area contributed by atoms with Crippen LogP contribution in [0.15, 0.2) is 0 Å². The lowest BCUT2D eigenvalue weighted by Gasteiger charge is -1.94. The van der Waals surface area contributed by atoms with Crippen molar-refractivity contribution in [1.29, 1.82) is 5.41 Å². The maximum Gasteiger partial charge on any atom is 0.304 e. The van der Waals surface area contributed by atoms with Crippen LogP contribution in [0.3, 0.4) is 0 Å². The Labute approximate surface area is 53.4 Å². The van der Waals surface area contributed by atoms with E-state index in [2.05, 4.69) is 5.32 Å². The van der Waals surface area contributed by atoms with Crippen LogP contribution < -0.4 is 5.32 Å². The molecule has 3 N–H and O–H groups in total. The van der Waals surface area contributed by atoms with E-state index in [4.69, 9.17) is 10.5 Å². The summed E-state index contributed by atoms with van der Waals surface area (Å²) in [7, 11) is 0. The summed E-state index contributed by atoms with van der Waals surface area (Å²) in [5.74, 6) is -0.813. The first-order valence-electron chi connectivity index (χ1n) is 2.69. The van der Waals surface area contributed by atoms with Crippen molar-refractivity contribution in [2.75, 3.05) is 13.1 Å². The van der Waals surface area contributed by atoms with Gasteiger partial charge in [0.1, 0.15) is 0 Å². The highest BCUT2D eigenvalue weighted by atomic mass is 16.4. The Hall–Kier alpha value is -0.900. The van der Waals surface area contributed by atoms with Crippen LogP contribution in [0.25, 0.3) is 0 Å². The minimum atomic E-state index is -0.813. The Morgan fingerprint density at radius 3 is 2.89 bits per heavy atom. The molecule has 0 unspecified atom stereocenters. The average Bonchev–Trinajstić information content (AvgIpc) is 1.80. The predicted octanol–water partition coefficient (Wildman–Crippen LogP) is -0.300. The van der Waals surface area contributed by atoms with Crippen LogP contribution >= 0.6 is 0 Å². The molecule has 0 bridgehead atoms. The lowest BCUT2D eigenvalue weighted by Crippen LogP contribution is -2.19. The maximum absolute atomic E-state index is 9.87. The summed E-state index contributed by atoms with van der Waals surface area (Å²) in [5, 5.41) is 17.4. The quantitative estimate of drug-likeness (QED) is 0.353. The molecule has 0 aliphatic rings. The van der Waals surface area contributed by atoms with E-state index in [1.807, 2.05) is 0 Å². The average molecular weight is 130 g/mol. The second-order valence-electron chi connectivity index (χ2n) is 1.55. The Kier molecular flexibility index (Phi) is 4.72.